The maximum atomic E-state index is 12.0. The minimum Gasteiger partial charge on any atom is -0.361 e. The van der Waals surface area contributed by atoms with Crippen LogP contribution in [0.1, 0.15) is 43.2 Å². The number of carbonyl (C=O) groups is 2. The van der Waals surface area contributed by atoms with E-state index in [1.54, 1.807) is 0 Å². The number of urea groups is 1. The van der Waals surface area contributed by atoms with Crippen LogP contribution in [0.15, 0.2) is 4.52 Å². The first kappa shape index (κ1) is 16.3. The summed E-state index contributed by atoms with van der Waals surface area (Å²) in [5.74, 6) is 0.667. The third kappa shape index (κ3) is 4.22. The van der Waals surface area contributed by atoms with Gasteiger partial charge in [-0.1, -0.05) is 5.16 Å². The molecular weight excluding hydrogens is 284 g/mol. The first-order chi connectivity index (χ1) is 10.5. The fourth-order valence-corrected chi connectivity index (χ4v) is 2.65. The Morgan fingerprint density at radius 1 is 1.45 bits per heavy atom. The molecule has 0 unspecified atom stereocenters. The zero-order valence-corrected chi connectivity index (χ0v) is 13.4. The maximum Gasteiger partial charge on any atom is 0.315 e. The molecule has 1 aliphatic heterocycles. The summed E-state index contributed by atoms with van der Waals surface area (Å²) in [5, 5.41) is 12.3. The summed E-state index contributed by atoms with van der Waals surface area (Å²) in [6.45, 7) is 6.34. The van der Waals surface area contributed by atoms with Crippen molar-refractivity contribution in [1.29, 1.82) is 0 Å². The Labute approximate surface area is 130 Å². The van der Waals surface area contributed by atoms with Crippen molar-refractivity contribution < 1.29 is 14.1 Å². The van der Waals surface area contributed by atoms with Gasteiger partial charge in [0.1, 0.15) is 11.8 Å². The van der Waals surface area contributed by atoms with Crippen LogP contribution in [-0.2, 0) is 11.2 Å². The van der Waals surface area contributed by atoms with E-state index in [-0.39, 0.29) is 18.0 Å². The lowest BCUT2D eigenvalue weighted by Gasteiger charge is -2.19. The van der Waals surface area contributed by atoms with Gasteiger partial charge in [0, 0.05) is 18.2 Å². The van der Waals surface area contributed by atoms with Crippen molar-refractivity contribution in [3.05, 3.63) is 17.0 Å². The van der Waals surface area contributed by atoms with Gasteiger partial charge in [-0.3, -0.25) is 4.79 Å². The summed E-state index contributed by atoms with van der Waals surface area (Å²) in [4.78, 5) is 23.8. The van der Waals surface area contributed by atoms with Gasteiger partial charge in [-0.2, -0.15) is 0 Å². The maximum absolute atomic E-state index is 12.0. The summed E-state index contributed by atoms with van der Waals surface area (Å²) >= 11 is 0. The van der Waals surface area contributed by atoms with Gasteiger partial charge in [-0.05, 0) is 46.5 Å². The predicted octanol–water partition coefficient (Wildman–Crippen LogP) is 1.19. The number of aryl methyl sites for hydroxylation is 2. The highest BCUT2D eigenvalue weighted by Crippen LogP contribution is 2.14. The largest absolute Gasteiger partial charge is 0.361 e. The Morgan fingerprint density at radius 2 is 2.23 bits per heavy atom. The van der Waals surface area contributed by atoms with Crippen LogP contribution in [-0.4, -0.2) is 35.7 Å². The number of amides is 3. The highest BCUT2D eigenvalue weighted by atomic mass is 16.5. The third-order valence-electron chi connectivity index (χ3n) is 3.91. The minimum atomic E-state index is -0.450. The average Bonchev–Trinajstić information content (AvgIpc) is 2.65. The Bertz CT molecular complexity index is 521. The molecule has 1 aromatic rings. The molecule has 0 bridgehead atoms. The molecule has 1 aromatic heterocycles. The van der Waals surface area contributed by atoms with E-state index in [1.165, 1.54) is 0 Å². The molecule has 0 aromatic carbocycles. The van der Waals surface area contributed by atoms with E-state index in [4.69, 9.17) is 4.52 Å². The van der Waals surface area contributed by atoms with Crippen LogP contribution < -0.4 is 16.0 Å². The van der Waals surface area contributed by atoms with Crippen LogP contribution in [0.5, 0.6) is 0 Å². The van der Waals surface area contributed by atoms with Gasteiger partial charge in [-0.15, -0.1) is 0 Å². The summed E-state index contributed by atoms with van der Waals surface area (Å²) in [6, 6.07) is -0.847. The van der Waals surface area contributed by atoms with Crippen LogP contribution >= 0.6 is 0 Å². The van der Waals surface area contributed by atoms with E-state index in [1.807, 2.05) is 20.8 Å². The van der Waals surface area contributed by atoms with Crippen molar-refractivity contribution in [3.8, 4) is 0 Å². The smallest absolute Gasteiger partial charge is 0.315 e. The van der Waals surface area contributed by atoms with Crippen molar-refractivity contribution in [2.75, 3.05) is 6.54 Å². The molecule has 0 aliphatic carbocycles. The number of hydrogen-bond acceptors (Lipinski definition) is 4. The fraction of sp³-hybridized carbons (Fsp3) is 0.667. The number of aromatic nitrogens is 1. The first-order valence-corrected chi connectivity index (χ1v) is 7.74. The number of nitrogens with one attached hydrogen (secondary N) is 3. The molecule has 0 radical (unpaired) electrons. The van der Waals surface area contributed by atoms with Gasteiger partial charge in [0.15, 0.2) is 0 Å². The molecule has 2 rings (SSSR count). The molecule has 0 saturated carbocycles. The van der Waals surface area contributed by atoms with Crippen molar-refractivity contribution >= 4 is 11.9 Å². The van der Waals surface area contributed by atoms with Crippen molar-refractivity contribution in [3.63, 3.8) is 0 Å². The van der Waals surface area contributed by atoms with Crippen LogP contribution in [0.25, 0.3) is 0 Å². The van der Waals surface area contributed by atoms with E-state index in [0.717, 1.165) is 29.9 Å². The molecule has 2 heterocycles. The Hall–Kier alpha value is -2.05. The van der Waals surface area contributed by atoms with Crippen molar-refractivity contribution in [2.45, 2.75) is 58.5 Å². The second-order valence-electron chi connectivity index (χ2n) is 5.87. The number of hydrogen-bond donors (Lipinski definition) is 3. The normalized spacial score (nSPS) is 20.0. The van der Waals surface area contributed by atoms with Crippen molar-refractivity contribution in [2.24, 2.45) is 0 Å². The summed E-state index contributed by atoms with van der Waals surface area (Å²) in [6.07, 6.45) is 3.20. The summed E-state index contributed by atoms with van der Waals surface area (Å²) in [7, 11) is 0. The summed E-state index contributed by atoms with van der Waals surface area (Å²) < 4.78 is 5.12. The molecule has 0 spiro atoms. The van der Waals surface area contributed by atoms with Gasteiger partial charge in [0.2, 0.25) is 5.91 Å². The standard InChI is InChI=1S/C15H24N4O3/c1-9(8-12-10(2)19-22-11(12)3)17-15(21)18-13-6-4-5-7-16-14(13)20/h9,13H,4-8H2,1-3H3,(H,16,20)(H2,17,18,21)/t9-,13+/m1/s1. The Kier molecular flexibility index (Phi) is 5.41. The lowest BCUT2D eigenvalue weighted by atomic mass is 10.1. The molecule has 3 amide bonds. The molecule has 1 saturated heterocycles. The van der Waals surface area contributed by atoms with Crippen LogP contribution in [0.3, 0.4) is 0 Å². The minimum absolute atomic E-state index is 0.0781. The zero-order valence-electron chi connectivity index (χ0n) is 13.4. The van der Waals surface area contributed by atoms with Gasteiger partial charge in [0.25, 0.3) is 0 Å². The van der Waals surface area contributed by atoms with E-state index >= 15 is 0 Å². The van der Waals surface area contributed by atoms with Gasteiger partial charge in [0.05, 0.1) is 5.69 Å². The Balaban J connectivity index is 1.84. The van der Waals surface area contributed by atoms with Gasteiger partial charge < -0.3 is 20.5 Å². The first-order valence-electron chi connectivity index (χ1n) is 7.74. The molecule has 1 fully saturated rings. The van der Waals surface area contributed by atoms with Crippen LogP contribution in [0.4, 0.5) is 4.79 Å². The second kappa shape index (κ2) is 7.29. The SMILES string of the molecule is Cc1noc(C)c1C[C@@H](C)NC(=O)N[C@H]1CCCCNC1=O. The number of nitrogens with zero attached hydrogens (tertiary/aromatic N) is 1. The van der Waals surface area contributed by atoms with Crippen LogP contribution in [0.2, 0.25) is 0 Å². The number of carbonyl (C=O) groups excluding carboxylic acids is 2. The third-order valence-corrected chi connectivity index (χ3v) is 3.91. The molecule has 22 heavy (non-hydrogen) atoms. The van der Waals surface area contributed by atoms with E-state index in [0.29, 0.717) is 19.4 Å². The molecule has 2 atom stereocenters. The lowest BCUT2D eigenvalue weighted by Crippen LogP contribution is -2.51. The molecule has 7 nitrogen and oxygen atoms in total. The fourth-order valence-electron chi connectivity index (χ4n) is 2.65. The van der Waals surface area contributed by atoms with Gasteiger partial charge >= 0.3 is 6.03 Å². The van der Waals surface area contributed by atoms with Gasteiger partial charge in [-0.25, -0.2) is 4.79 Å². The quantitative estimate of drug-likeness (QED) is 0.778. The van der Waals surface area contributed by atoms with Crippen LogP contribution in [0, 0.1) is 13.8 Å². The molecule has 1 aliphatic rings. The molecule has 3 N–H and O–H groups in total. The second-order valence-corrected chi connectivity index (χ2v) is 5.87. The van der Waals surface area contributed by atoms with E-state index in [9.17, 15) is 9.59 Å². The van der Waals surface area contributed by atoms with Crippen molar-refractivity contribution in [1.82, 2.24) is 21.1 Å². The average molecular weight is 308 g/mol. The van der Waals surface area contributed by atoms with E-state index in [2.05, 4.69) is 21.1 Å². The summed E-state index contributed by atoms with van der Waals surface area (Å²) in [5.41, 5.74) is 1.86. The molecule has 122 valence electrons. The monoisotopic (exact) mass is 308 g/mol. The molecule has 7 heteroatoms. The Morgan fingerprint density at radius 3 is 2.91 bits per heavy atom. The number of rotatable bonds is 4. The predicted molar refractivity (Wildman–Crippen MR) is 81.5 cm³/mol. The van der Waals surface area contributed by atoms with E-state index < -0.39 is 6.04 Å². The molecular formula is C15H24N4O3. The highest BCUT2D eigenvalue weighted by molar-refractivity contribution is 5.87. The lowest BCUT2D eigenvalue weighted by molar-refractivity contribution is -0.122. The zero-order chi connectivity index (χ0) is 16.1. The highest BCUT2D eigenvalue weighted by Gasteiger charge is 2.23. The topological polar surface area (TPSA) is 96.3 Å².